The lowest BCUT2D eigenvalue weighted by Crippen LogP contribution is -2.42. The number of likely N-dealkylation sites (tertiary alicyclic amines) is 1. The van der Waals surface area contributed by atoms with E-state index in [2.05, 4.69) is 9.88 Å². The number of rotatable bonds is 10. The van der Waals surface area contributed by atoms with Gasteiger partial charge in [0.1, 0.15) is 11.4 Å². The minimum Gasteiger partial charge on any atom is -0.493 e. The first-order chi connectivity index (χ1) is 19.4. The van der Waals surface area contributed by atoms with Gasteiger partial charge in [-0.3, -0.25) is 19.5 Å². The third kappa shape index (κ3) is 6.69. The highest BCUT2D eigenvalue weighted by molar-refractivity contribution is 5.88. The number of carbonyl (C=O) groups is 3. The molecule has 0 unspecified atom stereocenters. The first-order valence-corrected chi connectivity index (χ1v) is 13.3. The first kappa shape index (κ1) is 30.0. The van der Waals surface area contributed by atoms with Crippen LogP contribution in [-0.4, -0.2) is 85.4 Å². The normalized spacial score (nSPS) is 22.9. The van der Waals surface area contributed by atoms with E-state index in [-0.39, 0.29) is 12.7 Å². The Bertz CT molecular complexity index is 1260. The molecule has 222 valence electrons. The molecule has 13 nitrogen and oxygen atoms in total. The molecule has 0 amide bonds. The monoisotopic (exact) mass is 574 g/mol. The maximum absolute atomic E-state index is 11.4. The van der Waals surface area contributed by atoms with Crippen molar-refractivity contribution in [2.45, 2.75) is 50.4 Å². The smallest absolute Gasteiger partial charge is 0.336 e. The Labute approximate surface area is 235 Å². The number of hydrogen-bond acceptors (Lipinski definition) is 10. The molecule has 1 aromatic heterocycles. The molecule has 1 aliphatic carbocycles. The summed E-state index contributed by atoms with van der Waals surface area (Å²) in [5, 5.41) is 45.2. The van der Waals surface area contributed by atoms with E-state index in [1.807, 2.05) is 37.3 Å². The molecule has 5 N–H and O–H groups in total. The van der Waals surface area contributed by atoms with Crippen molar-refractivity contribution in [2.24, 2.45) is 11.8 Å². The number of pyridine rings is 1. The largest absolute Gasteiger partial charge is 0.493 e. The Morgan fingerprint density at radius 1 is 1.10 bits per heavy atom. The predicted molar refractivity (Wildman–Crippen MR) is 140 cm³/mol. The lowest BCUT2D eigenvalue weighted by atomic mass is 9.85. The van der Waals surface area contributed by atoms with Crippen LogP contribution in [0.25, 0.3) is 0 Å². The molecule has 1 saturated carbocycles. The number of aliphatic hydroxyl groups is 2. The minimum absolute atomic E-state index is 0.215. The number of carboxylic acid groups (broad SMARTS) is 3. The third-order valence-corrected chi connectivity index (χ3v) is 7.67. The van der Waals surface area contributed by atoms with Gasteiger partial charge in [0.15, 0.2) is 17.1 Å². The maximum atomic E-state index is 11.4. The fourth-order valence-corrected chi connectivity index (χ4v) is 5.78. The predicted octanol–water partition coefficient (Wildman–Crippen LogP) is 1.69. The summed E-state index contributed by atoms with van der Waals surface area (Å²) in [6.45, 7) is 5.48. The fraction of sp³-hybridized carbons (Fsp3) is 0.500. The van der Waals surface area contributed by atoms with Crippen LogP contribution in [-0.2, 0) is 26.5 Å². The molecule has 2 aliphatic heterocycles. The fourth-order valence-electron chi connectivity index (χ4n) is 5.78. The van der Waals surface area contributed by atoms with Crippen LogP contribution in [0.3, 0.4) is 0 Å². The van der Waals surface area contributed by atoms with E-state index in [1.165, 1.54) is 0 Å². The molecule has 0 bridgehead atoms. The molecular weight excluding hydrogens is 540 g/mol. The van der Waals surface area contributed by atoms with E-state index in [9.17, 15) is 19.5 Å². The lowest BCUT2D eigenvalue weighted by Gasteiger charge is -2.29. The number of hydrogen-bond donors (Lipinski definition) is 5. The lowest BCUT2D eigenvalue weighted by molar-refractivity contribution is -0.170. The Morgan fingerprint density at radius 2 is 1.78 bits per heavy atom. The van der Waals surface area contributed by atoms with E-state index in [1.54, 1.807) is 6.20 Å². The van der Waals surface area contributed by atoms with Crippen molar-refractivity contribution in [1.82, 2.24) is 9.88 Å². The van der Waals surface area contributed by atoms with Gasteiger partial charge in [-0.1, -0.05) is 6.07 Å². The zero-order valence-electron chi connectivity index (χ0n) is 22.6. The van der Waals surface area contributed by atoms with Gasteiger partial charge in [-0.2, -0.15) is 0 Å². The van der Waals surface area contributed by atoms with E-state index < -0.39 is 42.0 Å². The molecule has 0 spiro atoms. The summed E-state index contributed by atoms with van der Waals surface area (Å²) in [6.07, 6.45) is 1.31. The van der Waals surface area contributed by atoms with Crippen LogP contribution < -0.4 is 14.2 Å². The highest BCUT2D eigenvalue weighted by atomic mass is 16.7. The number of carboxylic acids is 3. The zero-order valence-corrected chi connectivity index (χ0v) is 22.6. The van der Waals surface area contributed by atoms with E-state index in [0.717, 1.165) is 61.0 Å². The van der Waals surface area contributed by atoms with Gasteiger partial charge in [0.2, 0.25) is 6.79 Å². The van der Waals surface area contributed by atoms with Crippen molar-refractivity contribution >= 4 is 17.9 Å². The van der Waals surface area contributed by atoms with Crippen LogP contribution in [0.4, 0.5) is 0 Å². The summed E-state index contributed by atoms with van der Waals surface area (Å²) in [7, 11) is 0. The van der Waals surface area contributed by atoms with Gasteiger partial charge < -0.3 is 39.7 Å². The van der Waals surface area contributed by atoms with Crippen LogP contribution in [0.15, 0.2) is 36.5 Å². The summed E-state index contributed by atoms with van der Waals surface area (Å²) in [5.41, 5.74) is -1.65. The minimum atomic E-state index is -2.74. The Balaban J connectivity index is 0.000000254. The van der Waals surface area contributed by atoms with Gasteiger partial charge in [0, 0.05) is 43.4 Å². The Hall–Kier alpha value is -3.94. The third-order valence-electron chi connectivity index (χ3n) is 7.67. The molecule has 5 rings (SSSR count). The number of benzene rings is 1. The second-order valence-electron chi connectivity index (χ2n) is 10.5. The highest BCUT2D eigenvalue weighted by Crippen LogP contribution is 2.50. The van der Waals surface area contributed by atoms with E-state index in [4.69, 9.17) is 34.6 Å². The van der Waals surface area contributed by atoms with Crippen molar-refractivity contribution in [2.75, 3.05) is 26.5 Å². The quantitative estimate of drug-likeness (QED) is 0.275. The molecule has 3 atom stereocenters. The van der Waals surface area contributed by atoms with Crippen LogP contribution >= 0.6 is 0 Å². The Kier molecular flexibility index (Phi) is 9.00. The molecule has 0 radical (unpaired) electrons. The number of aromatic nitrogens is 1. The molecular formula is C28H34N2O11. The summed E-state index contributed by atoms with van der Waals surface area (Å²) in [6, 6.07) is 9.78. The molecule has 2 aromatic rings. The first-order valence-electron chi connectivity index (χ1n) is 13.3. The van der Waals surface area contributed by atoms with Crippen molar-refractivity contribution < 1.29 is 54.1 Å². The summed E-state index contributed by atoms with van der Waals surface area (Å²) < 4.78 is 16.9. The van der Waals surface area contributed by atoms with E-state index >= 15 is 0 Å². The molecule has 3 aliphatic rings. The van der Waals surface area contributed by atoms with Gasteiger partial charge >= 0.3 is 17.9 Å². The summed E-state index contributed by atoms with van der Waals surface area (Å²) in [5.74, 6) is -1.93. The topological polar surface area (TPSA) is 196 Å². The van der Waals surface area contributed by atoms with Crippen molar-refractivity contribution in [3.63, 3.8) is 0 Å². The highest BCUT2D eigenvalue weighted by Gasteiger charge is 2.53. The molecule has 1 aromatic carbocycles. The van der Waals surface area contributed by atoms with Gasteiger partial charge in [-0.15, -0.1) is 0 Å². The number of nitrogens with zero attached hydrogens (tertiary/aromatic N) is 2. The molecule has 13 heteroatoms. The van der Waals surface area contributed by atoms with Crippen LogP contribution in [0, 0.1) is 11.8 Å². The van der Waals surface area contributed by atoms with Gasteiger partial charge in [-0.05, 0) is 43.9 Å². The van der Waals surface area contributed by atoms with Gasteiger partial charge in [-0.25, -0.2) is 4.79 Å². The second-order valence-corrected chi connectivity index (χ2v) is 10.5. The van der Waals surface area contributed by atoms with Crippen molar-refractivity contribution in [3.8, 4) is 17.2 Å². The van der Waals surface area contributed by atoms with Gasteiger partial charge in [0.25, 0.3) is 0 Å². The van der Waals surface area contributed by atoms with Crippen LogP contribution in [0.1, 0.15) is 43.9 Å². The van der Waals surface area contributed by atoms with E-state index in [0.29, 0.717) is 12.5 Å². The zero-order chi connectivity index (χ0) is 29.8. The van der Waals surface area contributed by atoms with Crippen LogP contribution in [0.5, 0.6) is 17.2 Å². The standard InChI is InChI=1S/C22H26N2O4.C6H8O7/c1-2-26-18-10-20-19(27-14-28-20)9-16(18)12-24-11-15-6-7-22(25,17(15)13-24)21-5-3-4-8-23-21;7-3(8)1-6(13,5(11)12)2-4(9)10/h3-5,8-10,15,17,25H,2,6-7,11-14H2,1H3;13H,1-2H2,(H,7,8)(H,9,10)(H,11,12)/t15-,17+,22-;/m0./s1. The maximum Gasteiger partial charge on any atom is 0.336 e. The molecule has 3 heterocycles. The summed E-state index contributed by atoms with van der Waals surface area (Å²) >= 11 is 0. The molecule has 1 saturated heterocycles. The van der Waals surface area contributed by atoms with Crippen molar-refractivity contribution in [3.05, 3.63) is 47.8 Å². The SMILES string of the molecule is CCOc1cc2c(cc1CN1C[C@@H]3CC[C@@](O)(c4ccccn4)[C@@H]3C1)OCO2.O=C(O)CC(O)(CC(=O)O)C(=O)O. The number of aliphatic carboxylic acids is 3. The van der Waals surface area contributed by atoms with Crippen molar-refractivity contribution in [1.29, 1.82) is 0 Å². The van der Waals surface area contributed by atoms with Crippen LogP contribution in [0.2, 0.25) is 0 Å². The second kappa shape index (κ2) is 12.3. The number of ether oxygens (including phenoxy) is 3. The molecule has 2 fully saturated rings. The summed E-state index contributed by atoms with van der Waals surface area (Å²) in [4.78, 5) is 37.4. The Morgan fingerprint density at radius 3 is 2.37 bits per heavy atom. The molecule has 41 heavy (non-hydrogen) atoms. The average Bonchev–Trinajstić information content (AvgIpc) is 3.61. The van der Waals surface area contributed by atoms with Gasteiger partial charge in [0.05, 0.1) is 25.1 Å². The number of fused-ring (bicyclic) bond motifs is 2. The average molecular weight is 575 g/mol.